The van der Waals surface area contributed by atoms with E-state index in [1.807, 2.05) is 0 Å². The molecule has 0 aliphatic heterocycles. The molecule has 1 unspecified atom stereocenters. The molecule has 1 aliphatic carbocycles. The van der Waals surface area contributed by atoms with Crippen LogP contribution >= 0.6 is 15.9 Å². The second-order valence-electron chi connectivity index (χ2n) is 3.29. The number of hydrogen-bond acceptors (Lipinski definition) is 2. The molecule has 1 atom stereocenters. The number of methoxy groups -OCH3 is 2. The molecule has 0 amide bonds. The number of ether oxygens (including phenoxy) is 2. The van der Waals surface area contributed by atoms with E-state index >= 15 is 0 Å². The summed E-state index contributed by atoms with van der Waals surface area (Å²) in [6.07, 6.45) is 5.89. The highest BCUT2D eigenvalue weighted by atomic mass is 79.9. The fourth-order valence-electron chi connectivity index (χ4n) is 1.79. The zero-order valence-electron chi connectivity index (χ0n) is 7.81. The van der Waals surface area contributed by atoms with Crippen LogP contribution in [0.15, 0.2) is 0 Å². The standard InChI is InChI=1S/C9H17BrO2/c1-11-9(12-2)7-5-3-4-6-8(9)10/h8H,3-7H2,1-2H3. The number of hydrogen-bond donors (Lipinski definition) is 0. The molecule has 2 nitrogen and oxygen atoms in total. The molecule has 0 aromatic carbocycles. The van der Waals surface area contributed by atoms with Crippen molar-refractivity contribution in [3.63, 3.8) is 0 Å². The molecule has 0 heterocycles. The van der Waals surface area contributed by atoms with Gasteiger partial charge in [-0.2, -0.15) is 0 Å². The first-order chi connectivity index (χ1) is 5.75. The van der Waals surface area contributed by atoms with Gasteiger partial charge in [-0.25, -0.2) is 0 Å². The van der Waals surface area contributed by atoms with E-state index in [1.165, 1.54) is 19.3 Å². The van der Waals surface area contributed by atoms with Gasteiger partial charge in [0.2, 0.25) is 0 Å². The molecule has 0 N–H and O–H groups in total. The molecule has 72 valence electrons. The molecule has 1 fully saturated rings. The molecule has 1 rings (SSSR count). The second-order valence-corrected chi connectivity index (χ2v) is 4.39. The molecule has 0 spiro atoms. The minimum absolute atomic E-state index is 0.336. The lowest BCUT2D eigenvalue weighted by atomic mass is 10.1. The van der Waals surface area contributed by atoms with Crippen molar-refractivity contribution in [1.29, 1.82) is 0 Å². The van der Waals surface area contributed by atoms with E-state index in [0.29, 0.717) is 4.83 Å². The molecule has 1 saturated carbocycles. The van der Waals surface area contributed by atoms with Crippen molar-refractivity contribution in [1.82, 2.24) is 0 Å². The lowest BCUT2D eigenvalue weighted by Gasteiger charge is -2.33. The van der Waals surface area contributed by atoms with Gasteiger partial charge in [0.1, 0.15) is 0 Å². The minimum Gasteiger partial charge on any atom is -0.352 e. The van der Waals surface area contributed by atoms with Crippen molar-refractivity contribution in [2.75, 3.05) is 14.2 Å². The summed E-state index contributed by atoms with van der Waals surface area (Å²) in [6, 6.07) is 0. The van der Waals surface area contributed by atoms with Gasteiger partial charge in [0, 0.05) is 20.6 Å². The Bertz CT molecular complexity index is 134. The minimum atomic E-state index is -0.378. The molecule has 0 radical (unpaired) electrons. The molecule has 1 aliphatic rings. The number of rotatable bonds is 2. The SMILES string of the molecule is COC1(OC)CCCCCC1Br. The molecule has 12 heavy (non-hydrogen) atoms. The molecule has 3 heteroatoms. The summed E-state index contributed by atoms with van der Waals surface area (Å²) in [7, 11) is 3.45. The van der Waals surface area contributed by atoms with Crippen LogP contribution in [-0.4, -0.2) is 24.8 Å². The Morgan fingerprint density at radius 1 is 1.17 bits per heavy atom. The first-order valence-corrected chi connectivity index (χ1v) is 5.41. The maximum Gasteiger partial charge on any atom is 0.180 e. The Morgan fingerprint density at radius 2 is 1.83 bits per heavy atom. The summed E-state index contributed by atoms with van der Waals surface area (Å²) in [5.41, 5.74) is 0. The van der Waals surface area contributed by atoms with Gasteiger partial charge in [-0.15, -0.1) is 0 Å². The van der Waals surface area contributed by atoms with Gasteiger partial charge in [0.05, 0.1) is 4.83 Å². The maximum atomic E-state index is 5.45. The van der Waals surface area contributed by atoms with Gasteiger partial charge in [-0.05, 0) is 12.8 Å². The second kappa shape index (κ2) is 4.58. The Morgan fingerprint density at radius 3 is 2.42 bits per heavy atom. The van der Waals surface area contributed by atoms with Gasteiger partial charge in [-0.1, -0.05) is 28.8 Å². The third-order valence-corrected chi connectivity index (χ3v) is 3.81. The lowest BCUT2D eigenvalue weighted by molar-refractivity contribution is -0.207. The van der Waals surface area contributed by atoms with Crippen LogP contribution in [0.4, 0.5) is 0 Å². The molecule has 0 aromatic heterocycles. The third kappa shape index (κ3) is 2.01. The first kappa shape index (κ1) is 10.5. The van der Waals surface area contributed by atoms with Crippen molar-refractivity contribution in [2.45, 2.75) is 42.7 Å². The monoisotopic (exact) mass is 236 g/mol. The summed E-state index contributed by atoms with van der Waals surface area (Å²) >= 11 is 3.63. The first-order valence-electron chi connectivity index (χ1n) is 4.49. The quantitative estimate of drug-likeness (QED) is 0.417. The van der Waals surface area contributed by atoms with Crippen molar-refractivity contribution >= 4 is 15.9 Å². The zero-order valence-corrected chi connectivity index (χ0v) is 9.39. The van der Waals surface area contributed by atoms with E-state index < -0.39 is 0 Å². The van der Waals surface area contributed by atoms with Gasteiger partial charge in [-0.3, -0.25) is 0 Å². The molecular formula is C9H17BrO2. The van der Waals surface area contributed by atoms with Gasteiger partial charge >= 0.3 is 0 Å². The fraction of sp³-hybridized carbons (Fsp3) is 1.00. The average molecular weight is 237 g/mol. The largest absolute Gasteiger partial charge is 0.352 e. The highest BCUT2D eigenvalue weighted by Crippen LogP contribution is 2.35. The van der Waals surface area contributed by atoms with E-state index in [2.05, 4.69) is 15.9 Å². The van der Waals surface area contributed by atoms with Gasteiger partial charge in [0.15, 0.2) is 5.79 Å². The van der Waals surface area contributed by atoms with Crippen molar-refractivity contribution in [3.05, 3.63) is 0 Å². The van der Waals surface area contributed by atoms with Crippen LogP contribution in [0.1, 0.15) is 32.1 Å². The predicted octanol–water partition coefficient (Wildman–Crippen LogP) is 2.70. The van der Waals surface area contributed by atoms with E-state index in [1.54, 1.807) is 14.2 Å². The van der Waals surface area contributed by atoms with Gasteiger partial charge < -0.3 is 9.47 Å². The number of alkyl halides is 1. The van der Waals surface area contributed by atoms with Crippen LogP contribution in [0, 0.1) is 0 Å². The third-order valence-electron chi connectivity index (χ3n) is 2.65. The Labute approximate surface area is 82.7 Å². The van der Waals surface area contributed by atoms with Crippen LogP contribution in [0.2, 0.25) is 0 Å². The molecule has 0 bridgehead atoms. The van der Waals surface area contributed by atoms with Crippen LogP contribution in [0.3, 0.4) is 0 Å². The van der Waals surface area contributed by atoms with E-state index in [-0.39, 0.29) is 5.79 Å². The highest BCUT2D eigenvalue weighted by molar-refractivity contribution is 9.09. The van der Waals surface area contributed by atoms with Gasteiger partial charge in [0.25, 0.3) is 0 Å². The van der Waals surface area contributed by atoms with E-state index in [0.717, 1.165) is 12.8 Å². The summed E-state index contributed by atoms with van der Waals surface area (Å²) in [5.74, 6) is -0.378. The fourth-order valence-corrected chi connectivity index (χ4v) is 2.72. The van der Waals surface area contributed by atoms with Crippen molar-refractivity contribution in [3.8, 4) is 0 Å². The Hall–Kier alpha value is 0.400. The number of halogens is 1. The van der Waals surface area contributed by atoms with Crippen LogP contribution in [0.5, 0.6) is 0 Å². The average Bonchev–Trinajstić information content (AvgIpc) is 2.28. The normalized spacial score (nSPS) is 29.8. The summed E-state index contributed by atoms with van der Waals surface area (Å²) in [4.78, 5) is 0.336. The zero-order chi connectivity index (χ0) is 9.03. The van der Waals surface area contributed by atoms with E-state index in [9.17, 15) is 0 Å². The Balaban J connectivity index is 2.66. The summed E-state index contributed by atoms with van der Waals surface area (Å²) in [5, 5.41) is 0. The van der Waals surface area contributed by atoms with Crippen molar-refractivity contribution < 1.29 is 9.47 Å². The van der Waals surface area contributed by atoms with Crippen LogP contribution < -0.4 is 0 Å². The summed E-state index contributed by atoms with van der Waals surface area (Å²) in [6.45, 7) is 0. The topological polar surface area (TPSA) is 18.5 Å². The highest BCUT2D eigenvalue weighted by Gasteiger charge is 2.38. The van der Waals surface area contributed by atoms with Crippen LogP contribution in [-0.2, 0) is 9.47 Å². The smallest absolute Gasteiger partial charge is 0.180 e. The van der Waals surface area contributed by atoms with E-state index in [4.69, 9.17) is 9.47 Å². The van der Waals surface area contributed by atoms with Crippen molar-refractivity contribution in [2.24, 2.45) is 0 Å². The maximum absolute atomic E-state index is 5.45. The lowest BCUT2D eigenvalue weighted by Crippen LogP contribution is -2.41. The van der Waals surface area contributed by atoms with Crippen LogP contribution in [0.25, 0.3) is 0 Å². The molecule has 0 aromatic rings. The molecular weight excluding hydrogens is 220 g/mol. The Kier molecular flexibility index (Phi) is 4.00. The molecule has 0 saturated heterocycles. The summed E-state index contributed by atoms with van der Waals surface area (Å²) < 4.78 is 10.9. The predicted molar refractivity (Wildman–Crippen MR) is 52.5 cm³/mol.